The smallest absolute Gasteiger partial charge is 0.416 e. The lowest BCUT2D eigenvalue weighted by Gasteiger charge is -2.37. The molecule has 2 saturated heterocycles. The highest BCUT2D eigenvalue weighted by molar-refractivity contribution is 7.89. The number of halogens is 5. The molecule has 0 saturated carbocycles. The molecule has 40 heavy (non-hydrogen) atoms. The van der Waals surface area contributed by atoms with E-state index in [1.165, 1.54) is 16.4 Å². The van der Waals surface area contributed by atoms with Gasteiger partial charge >= 0.3 is 12.8 Å². The largest absolute Gasteiger partial charge is 0.489 e. The maximum atomic E-state index is 12.8. The van der Waals surface area contributed by atoms with E-state index in [1.54, 1.807) is 36.1 Å². The Morgan fingerprint density at radius 1 is 1.05 bits per heavy atom. The van der Waals surface area contributed by atoms with E-state index in [-0.39, 0.29) is 36.5 Å². The minimum Gasteiger partial charge on any atom is -0.489 e. The number of benzene rings is 2. The molecular formula is C26H30F5N3O5S. The van der Waals surface area contributed by atoms with Gasteiger partial charge in [0.05, 0.1) is 30.5 Å². The zero-order chi connectivity index (χ0) is 29.1. The van der Waals surface area contributed by atoms with E-state index in [4.69, 9.17) is 4.74 Å². The first kappa shape index (κ1) is 30.0. The summed E-state index contributed by atoms with van der Waals surface area (Å²) < 4.78 is 99.4. The molecular weight excluding hydrogens is 561 g/mol. The van der Waals surface area contributed by atoms with Crippen molar-refractivity contribution in [3.8, 4) is 5.75 Å². The summed E-state index contributed by atoms with van der Waals surface area (Å²) in [5, 5.41) is 2.80. The van der Waals surface area contributed by atoms with Crippen LogP contribution in [0.1, 0.15) is 29.3 Å². The third-order valence-electron chi connectivity index (χ3n) is 6.97. The van der Waals surface area contributed by atoms with Crippen LogP contribution in [0.2, 0.25) is 0 Å². The minimum absolute atomic E-state index is 0.0336. The Labute approximate surface area is 229 Å². The van der Waals surface area contributed by atoms with E-state index in [0.29, 0.717) is 37.3 Å². The molecule has 1 N–H and O–H groups in total. The van der Waals surface area contributed by atoms with Crippen molar-refractivity contribution in [3.63, 3.8) is 0 Å². The van der Waals surface area contributed by atoms with Crippen molar-refractivity contribution in [2.75, 3.05) is 43.4 Å². The first-order chi connectivity index (χ1) is 18.9. The fraction of sp³-hybridized carbons (Fsp3) is 0.500. The topological polar surface area (TPSA) is 88.2 Å². The van der Waals surface area contributed by atoms with Crippen LogP contribution in [0, 0.1) is 5.92 Å². The molecule has 0 unspecified atom stereocenters. The van der Waals surface area contributed by atoms with Gasteiger partial charge in [-0.05, 0) is 55.5 Å². The lowest BCUT2D eigenvalue weighted by molar-refractivity contribution is -0.137. The van der Waals surface area contributed by atoms with Crippen molar-refractivity contribution in [3.05, 3.63) is 59.7 Å². The van der Waals surface area contributed by atoms with Gasteiger partial charge in [-0.2, -0.15) is 22.0 Å². The number of amides is 1. The minimum atomic E-state index is -4.47. The molecule has 8 nitrogen and oxygen atoms in total. The van der Waals surface area contributed by atoms with Crippen molar-refractivity contribution in [1.82, 2.24) is 9.62 Å². The number of carbonyl (C=O) groups excluding carboxylic acids is 1. The van der Waals surface area contributed by atoms with Crippen LogP contribution in [0.15, 0.2) is 48.5 Å². The van der Waals surface area contributed by atoms with Gasteiger partial charge in [0, 0.05) is 43.2 Å². The van der Waals surface area contributed by atoms with Crippen LogP contribution in [-0.4, -0.2) is 75.9 Å². The fourth-order valence-corrected chi connectivity index (χ4v) is 5.98. The number of sulfonamides is 1. The van der Waals surface area contributed by atoms with Crippen LogP contribution in [0.4, 0.5) is 27.6 Å². The monoisotopic (exact) mass is 591 g/mol. The van der Waals surface area contributed by atoms with Gasteiger partial charge in [-0.25, -0.2) is 12.7 Å². The summed E-state index contributed by atoms with van der Waals surface area (Å²) in [6.07, 6.45) is -4.67. The summed E-state index contributed by atoms with van der Waals surface area (Å²) in [6, 6.07) is 10.3. The number of ether oxygens (including phenoxy) is 2. The molecule has 2 aromatic carbocycles. The molecule has 2 atom stereocenters. The van der Waals surface area contributed by atoms with Crippen LogP contribution < -0.4 is 15.0 Å². The van der Waals surface area contributed by atoms with Gasteiger partial charge in [-0.15, -0.1) is 0 Å². The molecule has 2 aromatic rings. The number of rotatable bonds is 11. The Morgan fingerprint density at radius 2 is 1.70 bits per heavy atom. The van der Waals surface area contributed by atoms with Gasteiger partial charge in [0.1, 0.15) is 11.9 Å². The average molecular weight is 592 g/mol. The zero-order valence-electron chi connectivity index (χ0n) is 21.6. The highest BCUT2D eigenvalue weighted by Gasteiger charge is 2.36. The summed E-state index contributed by atoms with van der Waals surface area (Å²) in [4.78, 5) is 14.4. The Balaban J connectivity index is 1.35. The van der Waals surface area contributed by atoms with Crippen molar-refractivity contribution >= 4 is 21.6 Å². The lowest BCUT2D eigenvalue weighted by Crippen LogP contribution is -2.54. The van der Waals surface area contributed by atoms with E-state index < -0.39 is 40.5 Å². The van der Waals surface area contributed by atoms with Gasteiger partial charge in [0.2, 0.25) is 10.0 Å². The van der Waals surface area contributed by atoms with E-state index in [2.05, 4.69) is 10.1 Å². The third-order valence-corrected chi connectivity index (χ3v) is 8.78. The van der Waals surface area contributed by atoms with Gasteiger partial charge in [-0.1, -0.05) is 0 Å². The molecule has 0 bridgehead atoms. The molecule has 2 aliphatic rings. The standard InChI is InChI=1S/C26H30F5N3O5S/c1-2-40(36,37)33-13-17(14-33)12-32-24(35)18-3-7-20(8-4-18)34-15-23(11-21(34)16-38-25(27)28)39-22-9-5-19(6-10-22)26(29,30)31/h3-10,17,21,23,25H,2,11-16H2,1H3,(H,32,35)/t21-,23-/m0/s1. The van der Waals surface area contributed by atoms with Crippen LogP contribution in [-0.2, 0) is 20.9 Å². The van der Waals surface area contributed by atoms with Gasteiger partial charge in [0.25, 0.3) is 5.91 Å². The van der Waals surface area contributed by atoms with E-state index in [1.807, 2.05) is 0 Å². The number of alkyl halides is 5. The maximum absolute atomic E-state index is 12.8. The predicted molar refractivity (Wildman–Crippen MR) is 137 cm³/mol. The Bertz CT molecular complexity index is 1250. The van der Waals surface area contributed by atoms with Crippen molar-refractivity contribution in [2.24, 2.45) is 5.92 Å². The second-order valence-corrected chi connectivity index (χ2v) is 12.0. The summed E-state index contributed by atoms with van der Waals surface area (Å²) in [7, 11) is -3.23. The molecule has 0 aromatic heterocycles. The molecule has 220 valence electrons. The van der Waals surface area contributed by atoms with Crippen LogP contribution in [0.25, 0.3) is 0 Å². The Kier molecular flexibility index (Phi) is 9.20. The number of anilines is 1. The molecule has 2 fully saturated rings. The molecule has 0 radical (unpaired) electrons. The van der Waals surface area contributed by atoms with Crippen LogP contribution in [0.5, 0.6) is 5.75 Å². The summed E-state index contributed by atoms with van der Waals surface area (Å²) >= 11 is 0. The van der Waals surface area contributed by atoms with Crippen molar-refractivity contribution in [1.29, 1.82) is 0 Å². The zero-order valence-corrected chi connectivity index (χ0v) is 22.4. The SMILES string of the molecule is CCS(=O)(=O)N1CC(CNC(=O)c2ccc(N3C[C@@H](Oc4ccc(C(F)(F)F)cc4)C[C@H]3COC(F)F)cc2)C1. The highest BCUT2D eigenvalue weighted by atomic mass is 32.2. The normalized spacial score (nSPS) is 20.5. The molecule has 1 amide bonds. The van der Waals surface area contributed by atoms with E-state index in [9.17, 15) is 35.2 Å². The molecule has 2 aliphatic heterocycles. The van der Waals surface area contributed by atoms with Gasteiger partial charge < -0.3 is 19.7 Å². The number of nitrogens with zero attached hydrogens (tertiary/aromatic N) is 2. The third kappa shape index (κ3) is 7.40. The summed E-state index contributed by atoms with van der Waals surface area (Å²) in [5.41, 5.74) is 0.204. The van der Waals surface area contributed by atoms with Crippen molar-refractivity contribution < 1.29 is 44.6 Å². The predicted octanol–water partition coefficient (Wildman–Crippen LogP) is 3.98. The lowest BCUT2D eigenvalue weighted by atomic mass is 10.0. The highest BCUT2D eigenvalue weighted by Crippen LogP contribution is 2.32. The molecule has 14 heteroatoms. The Hall–Kier alpha value is -2.97. The first-order valence-corrected chi connectivity index (χ1v) is 14.3. The number of carbonyl (C=O) groups is 1. The van der Waals surface area contributed by atoms with Gasteiger partial charge in [0.15, 0.2) is 0 Å². The Morgan fingerprint density at radius 3 is 2.27 bits per heavy atom. The van der Waals surface area contributed by atoms with Crippen LogP contribution >= 0.6 is 0 Å². The summed E-state index contributed by atoms with van der Waals surface area (Å²) in [5.74, 6) is -0.0357. The quantitative estimate of drug-likeness (QED) is 0.398. The van der Waals surface area contributed by atoms with Crippen LogP contribution in [0.3, 0.4) is 0 Å². The van der Waals surface area contributed by atoms with E-state index in [0.717, 1.165) is 12.1 Å². The molecule has 0 aliphatic carbocycles. The fourth-order valence-electron chi connectivity index (χ4n) is 4.74. The van der Waals surface area contributed by atoms with E-state index >= 15 is 0 Å². The molecule has 4 rings (SSSR count). The number of nitrogens with one attached hydrogen (secondary N) is 1. The first-order valence-electron chi connectivity index (χ1n) is 12.7. The second kappa shape index (κ2) is 12.3. The maximum Gasteiger partial charge on any atom is 0.416 e. The van der Waals surface area contributed by atoms with Crippen molar-refractivity contribution in [2.45, 2.75) is 38.3 Å². The molecule has 2 heterocycles. The second-order valence-electron chi connectivity index (χ2n) is 9.74. The van der Waals surface area contributed by atoms with Gasteiger partial charge in [-0.3, -0.25) is 4.79 Å². The number of hydrogen-bond donors (Lipinski definition) is 1. The molecule has 0 spiro atoms. The summed E-state index contributed by atoms with van der Waals surface area (Å²) in [6.45, 7) is -0.353. The average Bonchev–Trinajstić information content (AvgIpc) is 3.28. The number of hydrogen-bond acceptors (Lipinski definition) is 6.